The van der Waals surface area contributed by atoms with Gasteiger partial charge < -0.3 is 10.1 Å². The van der Waals surface area contributed by atoms with E-state index >= 15 is 0 Å². The Morgan fingerprint density at radius 1 is 1.32 bits per heavy atom. The third kappa shape index (κ3) is 4.68. The first-order valence-electron chi connectivity index (χ1n) is 8.62. The van der Waals surface area contributed by atoms with Crippen molar-refractivity contribution in [1.29, 1.82) is 0 Å². The maximum absolute atomic E-state index is 12.5. The van der Waals surface area contributed by atoms with Crippen molar-refractivity contribution in [2.45, 2.75) is 42.7 Å². The summed E-state index contributed by atoms with van der Waals surface area (Å²) in [6.45, 7) is 4.29. The zero-order valence-electron chi connectivity index (χ0n) is 14.1. The second kappa shape index (κ2) is 7.68. The number of benzene rings is 1. The number of hydrogen-bond donors (Lipinski definition) is 2. The number of carbonyl (C=O) groups is 1. The Morgan fingerprint density at radius 3 is 2.84 bits per heavy atom. The number of rotatable bonds is 7. The topological polar surface area (TPSA) is 84.5 Å². The van der Waals surface area contributed by atoms with Gasteiger partial charge in [-0.05, 0) is 49.8 Å². The van der Waals surface area contributed by atoms with Crippen LogP contribution in [0.25, 0.3) is 0 Å². The first-order valence-corrected chi connectivity index (χ1v) is 10.1. The lowest BCUT2D eigenvalue weighted by Gasteiger charge is -2.30. The molecular formula is C18H24N2O4S. The number of sulfonamides is 1. The Labute approximate surface area is 148 Å². The monoisotopic (exact) mass is 364 g/mol. The number of amides is 1. The number of nitrogens with one attached hydrogen (secondary N) is 2. The fourth-order valence-corrected chi connectivity index (χ4v) is 4.12. The molecular weight excluding hydrogens is 340 g/mol. The molecule has 0 aromatic heterocycles. The summed E-state index contributed by atoms with van der Waals surface area (Å²) in [7, 11) is -3.64. The van der Waals surface area contributed by atoms with E-state index in [4.69, 9.17) is 4.74 Å². The molecule has 1 aromatic rings. The molecule has 0 unspecified atom stereocenters. The fourth-order valence-electron chi connectivity index (χ4n) is 3.08. The zero-order chi connectivity index (χ0) is 17.9. The van der Waals surface area contributed by atoms with E-state index < -0.39 is 10.0 Å². The van der Waals surface area contributed by atoms with Gasteiger partial charge in [0.05, 0.1) is 11.0 Å². The van der Waals surface area contributed by atoms with Crippen molar-refractivity contribution < 1.29 is 17.9 Å². The van der Waals surface area contributed by atoms with Gasteiger partial charge in [-0.25, -0.2) is 13.1 Å². The van der Waals surface area contributed by atoms with Crippen LogP contribution in [0.4, 0.5) is 0 Å². The molecule has 1 amide bonds. The van der Waals surface area contributed by atoms with Crippen LogP contribution < -0.4 is 10.0 Å². The van der Waals surface area contributed by atoms with Crippen LogP contribution >= 0.6 is 0 Å². The molecule has 0 spiro atoms. The maximum atomic E-state index is 12.5. The lowest BCUT2D eigenvalue weighted by Crippen LogP contribution is -2.42. The molecule has 1 saturated carbocycles. The highest BCUT2D eigenvalue weighted by Gasteiger charge is 2.36. The molecule has 2 fully saturated rings. The van der Waals surface area contributed by atoms with Crippen LogP contribution in [0, 0.1) is 5.92 Å². The lowest BCUT2D eigenvalue weighted by molar-refractivity contribution is -0.0102. The van der Waals surface area contributed by atoms with Crippen LogP contribution in [-0.4, -0.2) is 39.6 Å². The predicted octanol–water partition coefficient (Wildman–Crippen LogP) is 1.84. The van der Waals surface area contributed by atoms with Crippen molar-refractivity contribution >= 4 is 15.9 Å². The molecule has 1 aliphatic heterocycles. The Morgan fingerprint density at radius 2 is 2.12 bits per heavy atom. The minimum absolute atomic E-state index is 0.0739. The number of hydrogen-bond acceptors (Lipinski definition) is 4. The van der Waals surface area contributed by atoms with Crippen molar-refractivity contribution in [3.8, 4) is 0 Å². The molecule has 2 N–H and O–H groups in total. The van der Waals surface area contributed by atoms with Gasteiger partial charge in [0.25, 0.3) is 5.91 Å². The van der Waals surface area contributed by atoms with E-state index in [2.05, 4.69) is 16.6 Å². The largest absolute Gasteiger partial charge is 0.378 e. The van der Waals surface area contributed by atoms with E-state index in [-0.39, 0.29) is 29.5 Å². The molecule has 1 saturated heterocycles. The standard InChI is InChI=1S/C18H24N2O4S/c1-2-9-19-25(22,23)16-5-3-4-14(11-16)18(21)20-15-8-10-24-17(12-15)13-6-7-13/h2-5,11,13,15,17,19H,1,6-10,12H2,(H,20,21)/t15-,17-/m1/s1. The molecule has 2 atom stereocenters. The number of carbonyl (C=O) groups excluding carboxylic acids is 1. The average molecular weight is 364 g/mol. The van der Waals surface area contributed by atoms with E-state index in [1.54, 1.807) is 12.1 Å². The first-order chi connectivity index (χ1) is 12.0. The van der Waals surface area contributed by atoms with E-state index in [9.17, 15) is 13.2 Å². The SMILES string of the molecule is C=CCNS(=O)(=O)c1cccc(C(=O)N[C@@H]2CCO[C@@H](C3CC3)C2)c1. The fraction of sp³-hybridized carbons (Fsp3) is 0.500. The normalized spacial score (nSPS) is 23.8. The van der Waals surface area contributed by atoms with E-state index in [0.29, 0.717) is 18.1 Å². The molecule has 0 radical (unpaired) electrons. The van der Waals surface area contributed by atoms with Crippen LogP contribution in [0.3, 0.4) is 0 Å². The Hall–Kier alpha value is -1.70. The quantitative estimate of drug-likeness (QED) is 0.723. The summed E-state index contributed by atoms with van der Waals surface area (Å²) in [4.78, 5) is 12.6. The van der Waals surface area contributed by atoms with Gasteiger partial charge in [0, 0.05) is 24.8 Å². The molecule has 3 rings (SSSR count). The van der Waals surface area contributed by atoms with Gasteiger partial charge >= 0.3 is 0 Å². The molecule has 1 aliphatic carbocycles. The van der Waals surface area contributed by atoms with Gasteiger partial charge in [0.15, 0.2) is 0 Å². The lowest BCUT2D eigenvalue weighted by atomic mass is 9.99. The summed E-state index contributed by atoms with van der Waals surface area (Å²) in [5, 5.41) is 3.02. The second-order valence-electron chi connectivity index (χ2n) is 6.61. The summed E-state index contributed by atoms with van der Waals surface area (Å²) in [5.41, 5.74) is 0.343. The molecule has 6 nitrogen and oxygen atoms in total. The molecule has 2 aliphatic rings. The summed E-state index contributed by atoms with van der Waals surface area (Å²) in [6.07, 6.45) is 5.75. The summed E-state index contributed by atoms with van der Waals surface area (Å²) >= 11 is 0. The number of ether oxygens (including phenoxy) is 1. The Balaban J connectivity index is 1.65. The minimum atomic E-state index is -3.64. The summed E-state index contributed by atoms with van der Waals surface area (Å²) in [6, 6.07) is 6.15. The highest BCUT2D eigenvalue weighted by atomic mass is 32.2. The summed E-state index contributed by atoms with van der Waals surface area (Å²) < 4.78 is 32.5. The van der Waals surface area contributed by atoms with Crippen LogP contribution in [-0.2, 0) is 14.8 Å². The summed E-state index contributed by atoms with van der Waals surface area (Å²) in [5.74, 6) is 0.395. The molecule has 136 valence electrons. The average Bonchev–Trinajstić information content (AvgIpc) is 3.45. The molecule has 0 bridgehead atoms. The van der Waals surface area contributed by atoms with Gasteiger partial charge in [0.1, 0.15) is 0 Å². The van der Waals surface area contributed by atoms with Crippen molar-refractivity contribution in [2.75, 3.05) is 13.2 Å². The van der Waals surface area contributed by atoms with Crippen LogP contribution in [0.1, 0.15) is 36.0 Å². The van der Waals surface area contributed by atoms with Crippen LogP contribution in [0.5, 0.6) is 0 Å². The first kappa shape index (κ1) is 18.1. The van der Waals surface area contributed by atoms with Crippen LogP contribution in [0.2, 0.25) is 0 Å². The van der Waals surface area contributed by atoms with Crippen molar-refractivity contribution in [3.05, 3.63) is 42.5 Å². The third-order valence-electron chi connectivity index (χ3n) is 4.62. The zero-order valence-corrected chi connectivity index (χ0v) is 14.9. The molecule has 1 aromatic carbocycles. The minimum Gasteiger partial charge on any atom is -0.378 e. The Bertz CT molecular complexity index is 743. The van der Waals surface area contributed by atoms with Gasteiger partial charge in [0.2, 0.25) is 10.0 Å². The van der Waals surface area contributed by atoms with Crippen LogP contribution in [0.15, 0.2) is 41.8 Å². The van der Waals surface area contributed by atoms with E-state index in [1.165, 1.54) is 31.1 Å². The van der Waals surface area contributed by atoms with Crippen molar-refractivity contribution in [3.63, 3.8) is 0 Å². The predicted molar refractivity (Wildman–Crippen MR) is 94.8 cm³/mol. The van der Waals surface area contributed by atoms with Crippen molar-refractivity contribution in [2.24, 2.45) is 5.92 Å². The third-order valence-corrected chi connectivity index (χ3v) is 6.04. The van der Waals surface area contributed by atoms with Gasteiger partial charge in [-0.3, -0.25) is 4.79 Å². The molecule has 25 heavy (non-hydrogen) atoms. The van der Waals surface area contributed by atoms with Gasteiger partial charge in [-0.2, -0.15) is 0 Å². The highest BCUT2D eigenvalue weighted by Crippen LogP contribution is 2.38. The smallest absolute Gasteiger partial charge is 0.251 e. The van der Waals surface area contributed by atoms with Crippen molar-refractivity contribution in [1.82, 2.24) is 10.0 Å². The van der Waals surface area contributed by atoms with E-state index in [0.717, 1.165) is 12.8 Å². The Kier molecular flexibility index (Phi) is 5.56. The van der Waals surface area contributed by atoms with Gasteiger partial charge in [-0.1, -0.05) is 12.1 Å². The second-order valence-corrected chi connectivity index (χ2v) is 8.38. The molecule has 1 heterocycles. The van der Waals surface area contributed by atoms with E-state index in [1.807, 2.05) is 0 Å². The highest BCUT2D eigenvalue weighted by molar-refractivity contribution is 7.89. The maximum Gasteiger partial charge on any atom is 0.251 e. The van der Waals surface area contributed by atoms with Gasteiger partial charge in [-0.15, -0.1) is 6.58 Å². The molecule has 7 heteroatoms.